The highest BCUT2D eigenvalue weighted by Gasteiger charge is 2.35. The summed E-state index contributed by atoms with van der Waals surface area (Å²) in [5.41, 5.74) is 0.545. The molecule has 1 amide bonds. The normalized spacial score (nSPS) is 15.8. The van der Waals surface area contributed by atoms with E-state index in [9.17, 15) is 17.6 Å². The molecule has 1 saturated heterocycles. The average Bonchev–Trinajstić information content (AvgIpc) is 3.47. The molecule has 0 saturated carbocycles. The lowest BCUT2D eigenvalue weighted by molar-refractivity contribution is -0.126. The van der Waals surface area contributed by atoms with Crippen LogP contribution in [-0.2, 0) is 21.4 Å². The van der Waals surface area contributed by atoms with Gasteiger partial charge in [0.2, 0.25) is 15.9 Å². The highest BCUT2D eigenvalue weighted by molar-refractivity contribution is 7.89. The Morgan fingerprint density at radius 1 is 1.24 bits per heavy atom. The number of amides is 1. The maximum Gasteiger partial charge on any atom is 0.248 e. The van der Waals surface area contributed by atoms with Crippen LogP contribution in [0.4, 0.5) is 4.39 Å². The van der Waals surface area contributed by atoms with E-state index in [0.717, 1.165) is 4.88 Å². The molecule has 0 atom stereocenters. The van der Waals surface area contributed by atoms with Crippen LogP contribution in [0, 0.1) is 18.7 Å². The third-order valence-corrected chi connectivity index (χ3v) is 8.53. The number of hydrogen-bond acceptors (Lipinski definition) is 6. The average molecular weight is 490 g/mol. The van der Waals surface area contributed by atoms with Crippen LogP contribution in [-0.4, -0.2) is 36.9 Å². The number of nitrogens with one attached hydrogen (secondary N) is 1. The highest BCUT2D eigenvalue weighted by Crippen LogP contribution is 2.29. The molecule has 1 N–H and O–H groups in total. The van der Waals surface area contributed by atoms with Crippen LogP contribution in [0.2, 0.25) is 0 Å². The zero-order chi connectivity index (χ0) is 23.4. The van der Waals surface area contributed by atoms with Crippen molar-refractivity contribution in [3.05, 3.63) is 69.5 Å². The van der Waals surface area contributed by atoms with Crippen LogP contribution >= 0.6 is 11.3 Å². The molecule has 4 rings (SSSR count). The van der Waals surface area contributed by atoms with Gasteiger partial charge in [-0.3, -0.25) is 4.79 Å². The molecule has 2 aromatic heterocycles. The predicted octanol–water partition coefficient (Wildman–Crippen LogP) is 4.07. The Hall–Kier alpha value is -2.82. The van der Waals surface area contributed by atoms with Gasteiger partial charge in [-0.05, 0) is 49.4 Å². The van der Waals surface area contributed by atoms with E-state index in [2.05, 4.69) is 10.5 Å². The number of aryl methyl sites for hydroxylation is 1. The molecule has 10 heteroatoms. The first-order chi connectivity index (χ1) is 15.9. The number of sulfonamides is 1. The van der Waals surface area contributed by atoms with E-state index in [1.54, 1.807) is 36.5 Å². The maximum atomic E-state index is 13.9. The molecule has 3 heterocycles. The Labute approximate surface area is 196 Å². The molecule has 7 nitrogen and oxygen atoms in total. The van der Waals surface area contributed by atoms with Crippen molar-refractivity contribution in [1.82, 2.24) is 14.8 Å². The summed E-state index contributed by atoms with van der Waals surface area (Å²) in [4.78, 5) is 13.5. The summed E-state index contributed by atoms with van der Waals surface area (Å²) in [5, 5.41) is 8.70. The smallest absolute Gasteiger partial charge is 0.248 e. The summed E-state index contributed by atoms with van der Waals surface area (Å²) in [7, 11) is -3.89. The quantitative estimate of drug-likeness (QED) is 0.540. The highest BCUT2D eigenvalue weighted by atomic mass is 32.2. The van der Waals surface area contributed by atoms with Crippen molar-refractivity contribution in [2.45, 2.75) is 31.2 Å². The number of halogens is 1. The second kappa shape index (κ2) is 9.98. The van der Waals surface area contributed by atoms with Crippen molar-refractivity contribution in [3.8, 4) is 0 Å². The molecule has 1 aliphatic rings. The minimum atomic E-state index is -3.89. The van der Waals surface area contributed by atoms with Crippen LogP contribution < -0.4 is 5.32 Å². The number of carbonyl (C=O) groups is 1. The number of benzene rings is 1. The van der Waals surface area contributed by atoms with Crippen molar-refractivity contribution in [2.24, 2.45) is 5.92 Å². The van der Waals surface area contributed by atoms with Gasteiger partial charge in [0.1, 0.15) is 11.5 Å². The Morgan fingerprint density at radius 2 is 2.00 bits per heavy atom. The molecule has 1 aromatic carbocycles. The van der Waals surface area contributed by atoms with Gasteiger partial charge in [-0.2, -0.15) is 4.31 Å². The summed E-state index contributed by atoms with van der Waals surface area (Å²) in [6.45, 7) is 2.48. The van der Waals surface area contributed by atoms with Crippen LogP contribution in [0.25, 0.3) is 12.2 Å². The molecule has 0 spiro atoms. The Morgan fingerprint density at radius 3 is 2.70 bits per heavy atom. The lowest BCUT2D eigenvalue weighted by Crippen LogP contribution is -2.43. The molecule has 3 aromatic rings. The third-order valence-electron chi connectivity index (χ3n) is 5.59. The predicted molar refractivity (Wildman–Crippen MR) is 124 cm³/mol. The SMILES string of the molecule is Cc1noc(/C=C/c2ccccc2F)c1S(=O)(=O)N1CCC(C(=O)NCc2cccs2)CC1. The molecule has 0 bridgehead atoms. The monoisotopic (exact) mass is 489 g/mol. The summed E-state index contributed by atoms with van der Waals surface area (Å²) in [5.74, 6) is -0.670. The van der Waals surface area contributed by atoms with Gasteiger partial charge in [-0.1, -0.05) is 29.4 Å². The Bertz CT molecular complexity index is 1240. The van der Waals surface area contributed by atoms with E-state index in [1.165, 1.54) is 22.5 Å². The Kier molecular flexibility index (Phi) is 7.06. The van der Waals surface area contributed by atoms with Crippen molar-refractivity contribution in [1.29, 1.82) is 0 Å². The largest absolute Gasteiger partial charge is 0.355 e. The van der Waals surface area contributed by atoms with Crippen molar-refractivity contribution in [2.75, 3.05) is 13.1 Å². The molecule has 0 radical (unpaired) electrons. The number of carbonyl (C=O) groups excluding carboxylic acids is 1. The zero-order valence-electron chi connectivity index (χ0n) is 18.0. The van der Waals surface area contributed by atoms with Gasteiger partial charge in [0.15, 0.2) is 10.7 Å². The van der Waals surface area contributed by atoms with Crippen LogP contribution in [0.1, 0.15) is 34.7 Å². The third kappa shape index (κ3) is 5.23. The zero-order valence-corrected chi connectivity index (χ0v) is 19.7. The van der Waals surface area contributed by atoms with Crippen LogP contribution in [0.15, 0.2) is 51.2 Å². The van der Waals surface area contributed by atoms with E-state index < -0.39 is 15.8 Å². The van der Waals surface area contributed by atoms with Crippen LogP contribution in [0.5, 0.6) is 0 Å². The molecular formula is C23H24FN3O4S2. The summed E-state index contributed by atoms with van der Waals surface area (Å²) in [6, 6.07) is 10.1. The van der Waals surface area contributed by atoms with Gasteiger partial charge in [0.25, 0.3) is 0 Å². The van der Waals surface area contributed by atoms with Crippen molar-refractivity contribution in [3.63, 3.8) is 0 Å². The summed E-state index contributed by atoms with van der Waals surface area (Å²) < 4.78 is 47.2. The number of piperidine rings is 1. The fraction of sp³-hybridized carbons (Fsp3) is 0.304. The van der Waals surface area contributed by atoms with Gasteiger partial charge >= 0.3 is 0 Å². The minimum Gasteiger partial charge on any atom is -0.355 e. The first kappa shape index (κ1) is 23.3. The fourth-order valence-electron chi connectivity index (χ4n) is 3.79. The molecule has 0 unspecified atom stereocenters. The number of thiophene rings is 1. The topological polar surface area (TPSA) is 92.5 Å². The lowest BCUT2D eigenvalue weighted by atomic mass is 9.97. The second-order valence-corrected chi connectivity index (χ2v) is 10.7. The Balaban J connectivity index is 1.43. The number of aromatic nitrogens is 1. The van der Waals surface area contributed by atoms with E-state index in [1.807, 2.05) is 17.5 Å². The van der Waals surface area contributed by atoms with Crippen molar-refractivity contribution < 1.29 is 22.1 Å². The fourth-order valence-corrected chi connectivity index (χ4v) is 6.16. The van der Waals surface area contributed by atoms with E-state index in [-0.39, 0.29) is 41.3 Å². The molecule has 1 fully saturated rings. The summed E-state index contributed by atoms with van der Waals surface area (Å²) in [6.07, 6.45) is 3.73. The number of hydrogen-bond donors (Lipinski definition) is 1. The van der Waals surface area contributed by atoms with Gasteiger partial charge in [0, 0.05) is 29.4 Å². The number of rotatable bonds is 7. The first-order valence-electron chi connectivity index (χ1n) is 10.6. The molecular weight excluding hydrogens is 465 g/mol. The van der Waals surface area contributed by atoms with Gasteiger partial charge in [-0.15, -0.1) is 11.3 Å². The van der Waals surface area contributed by atoms with Crippen LogP contribution in [0.3, 0.4) is 0 Å². The van der Waals surface area contributed by atoms with Gasteiger partial charge in [0.05, 0.1) is 6.54 Å². The lowest BCUT2D eigenvalue weighted by Gasteiger charge is -2.30. The van der Waals surface area contributed by atoms with E-state index >= 15 is 0 Å². The molecule has 0 aliphatic carbocycles. The van der Waals surface area contributed by atoms with E-state index in [0.29, 0.717) is 24.9 Å². The van der Waals surface area contributed by atoms with E-state index in [4.69, 9.17) is 4.52 Å². The molecule has 1 aliphatic heterocycles. The van der Waals surface area contributed by atoms with Crippen molar-refractivity contribution >= 4 is 39.4 Å². The second-order valence-electron chi connectivity index (χ2n) is 7.79. The standard InChI is InChI=1S/C23H24FN3O4S2/c1-16-22(21(31-26-16)9-8-17-5-2-3-7-20(17)24)33(29,30)27-12-10-18(11-13-27)23(28)25-15-19-6-4-14-32-19/h2-9,14,18H,10-13,15H2,1H3,(H,25,28)/b9-8+. The summed E-state index contributed by atoms with van der Waals surface area (Å²) >= 11 is 1.58. The maximum absolute atomic E-state index is 13.9. The van der Waals surface area contributed by atoms with Gasteiger partial charge in [-0.25, -0.2) is 12.8 Å². The number of nitrogens with zero attached hydrogens (tertiary/aromatic N) is 2. The molecule has 174 valence electrons. The molecule has 33 heavy (non-hydrogen) atoms. The first-order valence-corrected chi connectivity index (χ1v) is 12.9. The minimum absolute atomic E-state index is 0.0318. The van der Waals surface area contributed by atoms with Gasteiger partial charge < -0.3 is 9.84 Å².